The van der Waals surface area contributed by atoms with Gasteiger partial charge in [-0.2, -0.15) is 0 Å². The zero-order chi connectivity index (χ0) is 16.8. The highest BCUT2D eigenvalue weighted by molar-refractivity contribution is 6.02. The van der Waals surface area contributed by atoms with E-state index in [9.17, 15) is 9.18 Å². The van der Waals surface area contributed by atoms with Crippen molar-refractivity contribution in [2.75, 3.05) is 36.5 Å². The molecular weight excluding hydrogens is 307 g/mol. The van der Waals surface area contributed by atoms with Crippen molar-refractivity contribution in [2.45, 2.75) is 0 Å². The molecule has 1 saturated heterocycles. The van der Waals surface area contributed by atoms with Gasteiger partial charge in [-0.3, -0.25) is 4.79 Å². The van der Waals surface area contributed by atoms with Crippen molar-refractivity contribution in [3.63, 3.8) is 0 Å². The summed E-state index contributed by atoms with van der Waals surface area (Å²) < 4.78 is 18.4. The Bertz CT molecular complexity index is 722. The van der Waals surface area contributed by atoms with Gasteiger partial charge in [0.05, 0.1) is 13.2 Å². The van der Waals surface area contributed by atoms with Gasteiger partial charge in [-0.15, -0.1) is 0 Å². The summed E-state index contributed by atoms with van der Waals surface area (Å²) in [6, 6.07) is 13.8. The monoisotopic (exact) mass is 326 g/mol. The van der Waals surface area contributed by atoms with Crippen molar-refractivity contribution in [1.82, 2.24) is 0 Å². The second-order valence-electron chi connectivity index (χ2n) is 5.52. The fourth-order valence-electron chi connectivity index (χ4n) is 2.54. The predicted molar refractivity (Wildman–Crippen MR) is 93.5 cm³/mol. The molecule has 0 radical (unpaired) electrons. The van der Waals surface area contributed by atoms with E-state index in [4.69, 9.17) is 4.74 Å². The van der Waals surface area contributed by atoms with Crippen molar-refractivity contribution < 1.29 is 13.9 Å². The lowest BCUT2D eigenvalue weighted by molar-refractivity contribution is -0.111. The Kier molecular flexibility index (Phi) is 5.23. The fraction of sp³-hybridized carbons (Fsp3) is 0.211. The van der Waals surface area contributed by atoms with Crippen LogP contribution < -0.4 is 10.2 Å². The minimum Gasteiger partial charge on any atom is -0.378 e. The Hall–Kier alpha value is -2.66. The van der Waals surface area contributed by atoms with Gasteiger partial charge in [0, 0.05) is 30.5 Å². The standard InChI is InChI=1S/C19H19FN2O2/c20-16-3-1-2-15(14-16)4-9-19(23)21-17-5-7-18(8-6-17)22-10-12-24-13-11-22/h1-9,14H,10-13H2,(H,21,23). The third-order valence-electron chi connectivity index (χ3n) is 3.79. The molecule has 24 heavy (non-hydrogen) atoms. The van der Waals surface area contributed by atoms with E-state index in [1.54, 1.807) is 18.2 Å². The average molecular weight is 326 g/mol. The number of carbonyl (C=O) groups excluding carboxylic acids is 1. The number of hydrogen-bond donors (Lipinski definition) is 1. The topological polar surface area (TPSA) is 41.6 Å². The molecule has 1 N–H and O–H groups in total. The summed E-state index contributed by atoms with van der Waals surface area (Å²) >= 11 is 0. The largest absolute Gasteiger partial charge is 0.378 e. The van der Waals surface area contributed by atoms with Crippen LogP contribution in [0.5, 0.6) is 0 Å². The zero-order valence-corrected chi connectivity index (χ0v) is 13.2. The van der Waals surface area contributed by atoms with E-state index < -0.39 is 0 Å². The molecule has 0 unspecified atom stereocenters. The van der Waals surface area contributed by atoms with Crippen LogP contribution in [0.1, 0.15) is 5.56 Å². The van der Waals surface area contributed by atoms with Crippen LogP contribution in [-0.4, -0.2) is 32.2 Å². The summed E-state index contributed by atoms with van der Waals surface area (Å²) in [4.78, 5) is 14.2. The number of benzene rings is 2. The van der Waals surface area contributed by atoms with E-state index in [-0.39, 0.29) is 11.7 Å². The average Bonchev–Trinajstić information content (AvgIpc) is 2.61. The number of halogens is 1. The van der Waals surface area contributed by atoms with Crippen LogP contribution in [0.2, 0.25) is 0 Å². The Labute approximate surface area is 140 Å². The molecule has 1 amide bonds. The molecule has 5 heteroatoms. The van der Waals surface area contributed by atoms with Crippen LogP contribution in [0, 0.1) is 5.82 Å². The first-order chi connectivity index (χ1) is 11.7. The molecule has 0 atom stereocenters. The molecule has 0 aromatic heterocycles. The third-order valence-corrected chi connectivity index (χ3v) is 3.79. The maximum absolute atomic E-state index is 13.1. The van der Waals surface area contributed by atoms with Gasteiger partial charge in [0.2, 0.25) is 5.91 Å². The lowest BCUT2D eigenvalue weighted by atomic mass is 10.2. The molecule has 0 saturated carbocycles. The van der Waals surface area contributed by atoms with Crippen molar-refractivity contribution in [3.8, 4) is 0 Å². The van der Waals surface area contributed by atoms with Crippen molar-refractivity contribution in [3.05, 3.63) is 66.0 Å². The first kappa shape index (κ1) is 16.2. The van der Waals surface area contributed by atoms with Crippen LogP contribution >= 0.6 is 0 Å². The number of rotatable bonds is 4. The number of anilines is 2. The van der Waals surface area contributed by atoms with Crippen LogP contribution in [-0.2, 0) is 9.53 Å². The van der Waals surface area contributed by atoms with Gasteiger partial charge in [-0.25, -0.2) is 4.39 Å². The van der Waals surface area contributed by atoms with E-state index in [2.05, 4.69) is 10.2 Å². The van der Waals surface area contributed by atoms with Crippen molar-refractivity contribution in [2.24, 2.45) is 0 Å². The van der Waals surface area contributed by atoms with E-state index in [1.807, 2.05) is 24.3 Å². The second-order valence-corrected chi connectivity index (χ2v) is 5.52. The molecule has 3 rings (SSSR count). The van der Waals surface area contributed by atoms with Gasteiger partial charge in [-0.05, 0) is 48.0 Å². The number of amides is 1. The minimum absolute atomic E-state index is 0.251. The van der Waals surface area contributed by atoms with Gasteiger partial charge in [0.15, 0.2) is 0 Å². The molecule has 1 fully saturated rings. The van der Waals surface area contributed by atoms with Crippen LogP contribution in [0.4, 0.5) is 15.8 Å². The first-order valence-corrected chi connectivity index (χ1v) is 7.88. The summed E-state index contributed by atoms with van der Waals surface area (Å²) in [5.74, 6) is -0.574. The number of hydrogen-bond acceptors (Lipinski definition) is 3. The summed E-state index contributed by atoms with van der Waals surface area (Å²) in [5.41, 5.74) is 2.49. The summed E-state index contributed by atoms with van der Waals surface area (Å²) in [7, 11) is 0. The van der Waals surface area contributed by atoms with Gasteiger partial charge in [0.1, 0.15) is 5.82 Å². The third kappa shape index (κ3) is 4.43. The van der Waals surface area contributed by atoms with Crippen LogP contribution in [0.15, 0.2) is 54.6 Å². The predicted octanol–water partition coefficient (Wildman–Crippen LogP) is 3.31. The number of nitrogens with zero attached hydrogens (tertiary/aromatic N) is 1. The Morgan fingerprint density at radius 2 is 1.88 bits per heavy atom. The van der Waals surface area contributed by atoms with Gasteiger partial charge in [-0.1, -0.05) is 12.1 Å². The molecule has 1 aliphatic heterocycles. The van der Waals surface area contributed by atoms with E-state index >= 15 is 0 Å². The Morgan fingerprint density at radius 1 is 1.12 bits per heavy atom. The molecule has 0 aliphatic carbocycles. The smallest absolute Gasteiger partial charge is 0.248 e. The zero-order valence-electron chi connectivity index (χ0n) is 13.2. The Balaban J connectivity index is 1.58. The molecule has 0 spiro atoms. The molecule has 1 aliphatic rings. The van der Waals surface area contributed by atoms with Gasteiger partial charge in [0.25, 0.3) is 0 Å². The van der Waals surface area contributed by atoms with Crippen LogP contribution in [0.25, 0.3) is 6.08 Å². The molecule has 2 aromatic carbocycles. The number of morpholine rings is 1. The highest BCUT2D eigenvalue weighted by Gasteiger charge is 2.10. The van der Waals surface area contributed by atoms with Crippen molar-refractivity contribution in [1.29, 1.82) is 0 Å². The lowest BCUT2D eigenvalue weighted by Gasteiger charge is -2.28. The molecule has 2 aromatic rings. The minimum atomic E-state index is -0.323. The molecule has 1 heterocycles. The van der Waals surface area contributed by atoms with E-state index in [0.717, 1.165) is 37.7 Å². The SMILES string of the molecule is O=C(C=Cc1cccc(F)c1)Nc1ccc(N2CCOCC2)cc1. The highest BCUT2D eigenvalue weighted by atomic mass is 19.1. The molecule has 4 nitrogen and oxygen atoms in total. The maximum atomic E-state index is 13.1. The fourth-order valence-corrected chi connectivity index (χ4v) is 2.54. The Morgan fingerprint density at radius 3 is 2.58 bits per heavy atom. The number of carbonyl (C=O) groups is 1. The molecular formula is C19H19FN2O2. The van der Waals surface area contributed by atoms with E-state index in [0.29, 0.717) is 5.56 Å². The normalized spacial score (nSPS) is 14.8. The van der Waals surface area contributed by atoms with Gasteiger partial charge >= 0.3 is 0 Å². The van der Waals surface area contributed by atoms with Crippen molar-refractivity contribution >= 4 is 23.4 Å². The summed E-state index contributed by atoms with van der Waals surface area (Å²) in [6.45, 7) is 3.23. The molecule has 0 bridgehead atoms. The summed E-state index contributed by atoms with van der Waals surface area (Å²) in [6.07, 6.45) is 2.98. The van der Waals surface area contributed by atoms with Gasteiger partial charge < -0.3 is 15.0 Å². The highest BCUT2D eigenvalue weighted by Crippen LogP contribution is 2.19. The molecule has 124 valence electrons. The van der Waals surface area contributed by atoms with Crippen LogP contribution in [0.3, 0.4) is 0 Å². The maximum Gasteiger partial charge on any atom is 0.248 e. The quantitative estimate of drug-likeness (QED) is 0.877. The van der Waals surface area contributed by atoms with E-state index in [1.165, 1.54) is 18.2 Å². The number of ether oxygens (including phenoxy) is 1. The number of nitrogens with one attached hydrogen (secondary N) is 1. The lowest BCUT2D eigenvalue weighted by Crippen LogP contribution is -2.36. The first-order valence-electron chi connectivity index (χ1n) is 7.88. The second kappa shape index (κ2) is 7.75. The summed E-state index contributed by atoms with van der Waals surface area (Å²) in [5, 5.41) is 2.79.